The second-order valence-electron chi connectivity index (χ2n) is 6.04. The van der Waals surface area contributed by atoms with Crippen LogP contribution in [0.2, 0.25) is 0 Å². The molecule has 3 rings (SSSR count). The Labute approximate surface area is 151 Å². The SMILES string of the molecule is Br.CNCC(=O)Nc1nc2ccccc2c2c1ncn2CC(C)C. The summed E-state index contributed by atoms with van der Waals surface area (Å²) in [6.07, 6.45) is 1.83. The van der Waals surface area contributed by atoms with Crippen molar-refractivity contribution in [2.75, 3.05) is 18.9 Å². The van der Waals surface area contributed by atoms with E-state index in [1.165, 1.54) is 0 Å². The number of nitrogens with one attached hydrogen (secondary N) is 2. The van der Waals surface area contributed by atoms with Crippen molar-refractivity contribution in [1.82, 2.24) is 19.9 Å². The molecule has 128 valence electrons. The molecule has 0 saturated carbocycles. The zero-order valence-corrected chi connectivity index (χ0v) is 15.7. The van der Waals surface area contributed by atoms with Gasteiger partial charge in [0.25, 0.3) is 0 Å². The largest absolute Gasteiger partial charge is 0.330 e. The Morgan fingerprint density at radius 3 is 2.75 bits per heavy atom. The topological polar surface area (TPSA) is 71.8 Å². The number of carbonyl (C=O) groups excluding carboxylic acids is 1. The standard InChI is InChI=1S/C17H21N5O.BrH/c1-11(2)9-22-10-19-15-16(22)12-6-4-5-7-13(12)20-17(15)21-14(23)8-18-3;/h4-7,10-11,18H,8-9H2,1-3H3,(H,20,21,23);1H. The lowest BCUT2D eigenvalue weighted by Gasteiger charge is -2.11. The number of pyridine rings is 1. The van der Waals surface area contributed by atoms with Crippen molar-refractivity contribution in [2.24, 2.45) is 5.92 Å². The van der Waals surface area contributed by atoms with Gasteiger partial charge in [0, 0.05) is 11.9 Å². The van der Waals surface area contributed by atoms with Gasteiger partial charge in [-0.1, -0.05) is 32.0 Å². The zero-order chi connectivity index (χ0) is 16.4. The number of fused-ring (bicyclic) bond motifs is 3. The molecule has 0 spiro atoms. The molecule has 0 aliphatic heterocycles. The van der Waals surface area contributed by atoms with Crippen molar-refractivity contribution in [3.8, 4) is 0 Å². The van der Waals surface area contributed by atoms with Gasteiger partial charge in [-0.2, -0.15) is 0 Å². The Morgan fingerprint density at radius 2 is 2.04 bits per heavy atom. The van der Waals surface area contributed by atoms with Gasteiger partial charge in [0.2, 0.25) is 5.91 Å². The minimum absolute atomic E-state index is 0. The number of carbonyl (C=O) groups is 1. The zero-order valence-electron chi connectivity index (χ0n) is 14.0. The first-order valence-corrected chi connectivity index (χ1v) is 7.78. The average molecular weight is 392 g/mol. The highest BCUT2D eigenvalue weighted by molar-refractivity contribution is 8.93. The van der Waals surface area contributed by atoms with Crippen LogP contribution in [0, 0.1) is 5.92 Å². The molecule has 24 heavy (non-hydrogen) atoms. The Morgan fingerprint density at radius 1 is 1.29 bits per heavy atom. The molecule has 2 heterocycles. The van der Waals surface area contributed by atoms with E-state index in [0.29, 0.717) is 11.7 Å². The molecular formula is C17H22BrN5O. The van der Waals surface area contributed by atoms with Crippen LogP contribution in [0.25, 0.3) is 21.9 Å². The molecular weight excluding hydrogens is 370 g/mol. The molecule has 0 saturated heterocycles. The van der Waals surface area contributed by atoms with Crippen LogP contribution in [-0.4, -0.2) is 34.0 Å². The van der Waals surface area contributed by atoms with Crippen molar-refractivity contribution in [2.45, 2.75) is 20.4 Å². The van der Waals surface area contributed by atoms with E-state index in [0.717, 1.165) is 28.5 Å². The summed E-state index contributed by atoms with van der Waals surface area (Å²) in [5.74, 6) is 0.887. The molecule has 0 aliphatic rings. The number of amides is 1. The predicted molar refractivity (Wildman–Crippen MR) is 103 cm³/mol. The summed E-state index contributed by atoms with van der Waals surface area (Å²) in [6, 6.07) is 7.94. The van der Waals surface area contributed by atoms with Crippen LogP contribution in [-0.2, 0) is 11.3 Å². The highest BCUT2D eigenvalue weighted by Crippen LogP contribution is 2.29. The number of para-hydroxylation sites is 1. The van der Waals surface area contributed by atoms with Gasteiger partial charge in [-0.3, -0.25) is 4.79 Å². The first kappa shape index (κ1) is 18.4. The van der Waals surface area contributed by atoms with Gasteiger partial charge in [-0.15, -0.1) is 17.0 Å². The average Bonchev–Trinajstić information content (AvgIpc) is 2.91. The molecule has 7 heteroatoms. The van der Waals surface area contributed by atoms with Gasteiger partial charge in [0.15, 0.2) is 5.82 Å². The smallest absolute Gasteiger partial charge is 0.239 e. The monoisotopic (exact) mass is 391 g/mol. The fourth-order valence-electron chi connectivity index (χ4n) is 2.74. The van der Waals surface area contributed by atoms with Gasteiger partial charge in [0.05, 0.1) is 23.9 Å². The van der Waals surface area contributed by atoms with Gasteiger partial charge < -0.3 is 15.2 Å². The van der Waals surface area contributed by atoms with E-state index in [1.54, 1.807) is 7.05 Å². The number of imidazole rings is 1. The summed E-state index contributed by atoms with van der Waals surface area (Å²) in [6.45, 7) is 5.45. The van der Waals surface area contributed by atoms with Crippen molar-refractivity contribution < 1.29 is 4.79 Å². The van der Waals surface area contributed by atoms with E-state index in [1.807, 2.05) is 30.6 Å². The maximum atomic E-state index is 11.9. The first-order valence-electron chi connectivity index (χ1n) is 7.78. The third-order valence-corrected chi connectivity index (χ3v) is 3.61. The van der Waals surface area contributed by atoms with Crippen LogP contribution < -0.4 is 10.6 Å². The number of rotatable bonds is 5. The molecule has 1 aromatic carbocycles. The van der Waals surface area contributed by atoms with Crippen LogP contribution >= 0.6 is 17.0 Å². The normalized spacial score (nSPS) is 11.0. The third-order valence-electron chi connectivity index (χ3n) is 3.61. The Balaban J connectivity index is 0.00000208. The molecule has 0 atom stereocenters. The summed E-state index contributed by atoms with van der Waals surface area (Å²) in [4.78, 5) is 21.0. The van der Waals surface area contributed by atoms with Gasteiger partial charge in [0.1, 0.15) is 5.52 Å². The molecule has 1 amide bonds. The Bertz CT molecular complexity index is 859. The second-order valence-corrected chi connectivity index (χ2v) is 6.04. The number of anilines is 1. The lowest BCUT2D eigenvalue weighted by molar-refractivity contribution is -0.115. The lowest BCUT2D eigenvalue weighted by atomic mass is 10.1. The van der Waals surface area contributed by atoms with Crippen LogP contribution in [0.5, 0.6) is 0 Å². The lowest BCUT2D eigenvalue weighted by Crippen LogP contribution is -2.25. The molecule has 2 aromatic heterocycles. The number of hydrogen-bond donors (Lipinski definition) is 2. The fourth-order valence-corrected chi connectivity index (χ4v) is 2.74. The van der Waals surface area contributed by atoms with Crippen molar-refractivity contribution in [1.29, 1.82) is 0 Å². The summed E-state index contributed by atoms with van der Waals surface area (Å²) in [5.41, 5.74) is 2.60. The Hall–Kier alpha value is -1.99. The third kappa shape index (κ3) is 3.57. The number of hydrogen-bond acceptors (Lipinski definition) is 4. The number of aromatic nitrogens is 3. The van der Waals surface area contributed by atoms with E-state index in [-0.39, 0.29) is 29.4 Å². The summed E-state index contributed by atoms with van der Waals surface area (Å²) >= 11 is 0. The van der Waals surface area contributed by atoms with E-state index < -0.39 is 0 Å². The molecule has 6 nitrogen and oxygen atoms in total. The predicted octanol–water partition coefficient (Wildman–Crippen LogP) is 2.98. The minimum atomic E-state index is -0.130. The molecule has 0 fully saturated rings. The number of benzene rings is 1. The number of nitrogens with zero attached hydrogens (tertiary/aromatic N) is 3. The highest BCUT2D eigenvalue weighted by atomic mass is 79.9. The van der Waals surface area contributed by atoms with E-state index >= 15 is 0 Å². The maximum Gasteiger partial charge on any atom is 0.239 e. The van der Waals surface area contributed by atoms with Crippen LogP contribution in [0.1, 0.15) is 13.8 Å². The summed E-state index contributed by atoms with van der Waals surface area (Å²) in [7, 11) is 1.74. The summed E-state index contributed by atoms with van der Waals surface area (Å²) < 4.78 is 2.14. The molecule has 3 aromatic rings. The second kappa shape index (κ2) is 7.72. The van der Waals surface area contributed by atoms with E-state index in [9.17, 15) is 4.79 Å². The molecule has 2 N–H and O–H groups in total. The first-order chi connectivity index (χ1) is 11.1. The number of halogens is 1. The molecule has 0 radical (unpaired) electrons. The van der Waals surface area contributed by atoms with Gasteiger partial charge in [-0.05, 0) is 19.0 Å². The van der Waals surface area contributed by atoms with Gasteiger partial charge >= 0.3 is 0 Å². The van der Waals surface area contributed by atoms with Crippen LogP contribution in [0.15, 0.2) is 30.6 Å². The maximum absolute atomic E-state index is 11.9. The summed E-state index contributed by atoms with van der Waals surface area (Å²) in [5, 5.41) is 6.74. The Kier molecular flexibility index (Phi) is 5.90. The molecule has 0 bridgehead atoms. The minimum Gasteiger partial charge on any atom is -0.330 e. The van der Waals surface area contributed by atoms with Crippen molar-refractivity contribution in [3.05, 3.63) is 30.6 Å². The van der Waals surface area contributed by atoms with Gasteiger partial charge in [-0.25, -0.2) is 9.97 Å². The van der Waals surface area contributed by atoms with Crippen LogP contribution in [0.4, 0.5) is 5.82 Å². The molecule has 0 unspecified atom stereocenters. The highest BCUT2D eigenvalue weighted by Gasteiger charge is 2.15. The number of likely N-dealkylation sites (N-methyl/N-ethyl adjacent to an activating group) is 1. The van der Waals surface area contributed by atoms with Crippen LogP contribution in [0.3, 0.4) is 0 Å². The quantitative estimate of drug-likeness (QED) is 0.701. The molecule has 0 aliphatic carbocycles. The van der Waals surface area contributed by atoms with E-state index in [2.05, 4.69) is 39.0 Å². The fraction of sp³-hybridized carbons (Fsp3) is 0.353. The van der Waals surface area contributed by atoms with Crippen molar-refractivity contribution >= 4 is 50.6 Å². The van der Waals surface area contributed by atoms with Crippen molar-refractivity contribution in [3.63, 3.8) is 0 Å². The van der Waals surface area contributed by atoms with E-state index in [4.69, 9.17) is 0 Å².